The third-order valence-corrected chi connectivity index (χ3v) is 3.54. The van der Waals surface area contributed by atoms with E-state index in [1.807, 2.05) is 0 Å². The van der Waals surface area contributed by atoms with Gasteiger partial charge in [0.05, 0.1) is 17.8 Å². The molecule has 2 saturated heterocycles. The lowest BCUT2D eigenvalue weighted by Gasteiger charge is -2.35. The van der Waals surface area contributed by atoms with Gasteiger partial charge in [-0.05, 0) is 13.3 Å². The molecule has 0 spiro atoms. The van der Waals surface area contributed by atoms with Gasteiger partial charge in [-0.15, -0.1) is 0 Å². The summed E-state index contributed by atoms with van der Waals surface area (Å²) in [6, 6.07) is -0.212. The summed E-state index contributed by atoms with van der Waals surface area (Å²) in [7, 11) is 5.79. The predicted molar refractivity (Wildman–Crippen MR) is 47.1 cm³/mol. The molecule has 0 N–H and O–H groups in total. The fraction of sp³-hybridized carbons (Fsp3) is 1.00. The van der Waals surface area contributed by atoms with Crippen molar-refractivity contribution >= 4 is 7.85 Å². The van der Waals surface area contributed by atoms with E-state index in [1.54, 1.807) is 0 Å². The third kappa shape index (κ3) is 0.788. The fourth-order valence-electron chi connectivity index (χ4n) is 2.70. The Morgan fingerprint density at radius 2 is 2.08 bits per heavy atom. The molecule has 0 aromatic heterocycles. The lowest BCUT2D eigenvalue weighted by Crippen LogP contribution is -2.44. The summed E-state index contributed by atoms with van der Waals surface area (Å²) in [5.74, 6) is 0.437. The van der Waals surface area contributed by atoms with Gasteiger partial charge < -0.3 is 9.47 Å². The second kappa shape index (κ2) is 2.49. The fourth-order valence-corrected chi connectivity index (χ4v) is 2.70. The number of ether oxygens (including phenoxy) is 2. The molecule has 2 heterocycles. The minimum absolute atomic E-state index is 0.107. The zero-order valence-corrected chi connectivity index (χ0v) is 7.91. The number of hydrogen-bond acceptors (Lipinski definition) is 2. The van der Waals surface area contributed by atoms with Crippen LogP contribution in [0.1, 0.15) is 27.2 Å². The van der Waals surface area contributed by atoms with E-state index in [9.17, 15) is 0 Å². The zero-order chi connectivity index (χ0) is 8.93. The first-order chi connectivity index (χ1) is 5.62. The van der Waals surface area contributed by atoms with Crippen LogP contribution < -0.4 is 0 Å². The van der Waals surface area contributed by atoms with Gasteiger partial charge in [-0.2, -0.15) is 0 Å². The molecule has 2 aliphatic heterocycles. The first kappa shape index (κ1) is 8.58. The molecule has 66 valence electrons. The highest BCUT2D eigenvalue weighted by atomic mass is 16.6. The van der Waals surface area contributed by atoms with Crippen LogP contribution in [-0.4, -0.2) is 31.7 Å². The van der Waals surface area contributed by atoms with Gasteiger partial charge in [0.1, 0.15) is 7.85 Å². The van der Waals surface area contributed by atoms with Gasteiger partial charge in [-0.25, -0.2) is 0 Å². The van der Waals surface area contributed by atoms with Crippen molar-refractivity contribution in [3.63, 3.8) is 0 Å². The molecular weight excluding hydrogens is 151 g/mol. The minimum Gasteiger partial charge on any atom is -0.376 e. The molecule has 0 saturated carbocycles. The summed E-state index contributed by atoms with van der Waals surface area (Å²) in [6.45, 7) is 6.38. The standard InChI is InChI=1S/C9H15BO2/c1-4-9-5(2)7(8(10)12-9)11-6(9)3/h5-8H,4H2,1-3H3/t5?,6?,7-,8+,9+/m0/s1. The number of fused-ring (bicyclic) bond motifs is 2. The summed E-state index contributed by atoms with van der Waals surface area (Å²) < 4.78 is 11.5. The van der Waals surface area contributed by atoms with Gasteiger partial charge >= 0.3 is 0 Å². The first-order valence-electron chi connectivity index (χ1n) is 4.70. The van der Waals surface area contributed by atoms with E-state index in [4.69, 9.17) is 17.3 Å². The highest BCUT2D eigenvalue weighted by Crippen LogP contribution is 2.49. The Balaban J connectivity index is 2.30. The lowest BCUT2D eigenvalue weighted by molar-refractivity contribution is -0.156. The Bertz CT molecular complexity index is 197. The molecule has 2 aliphatic rings. The van der Waals surface area contributed by atoms with Crippen molar-refractivity contribution in [3.8, 4) is 0 Å². The van der Waals surface area contributed by atoms with E-state index in [2.05, 4.69) is 20.8 Å². The summed E-state index contributed by atoms with van der Waals surface area (Å²) in [4.78, 5) is 0. The summed E-state index contributed by atoms with van der Waals surface area (Å²) in [5.41, 5.74) is -0.107. The summed E-state index contributed by atoms with van der Waals surface area (Å²) >= 11 is 0. The van der Waals surface area contributed by atoms with Crippen molar-refractivity contribution < 1.29 is 9.47 Å². The van der Waals surface area contributed by atoms with E-state index in [0.717, 1.165) is 6.42 Å². The van der Waals surface area contributed by atoms with Crippen LogP contribution in [0.25, 0.3) is 0 Å². The van der Waals surface area contributed by atoms with E-state index in [1.165, 1.54) is 0 Å². The maximum atomic E-state index is 5.79. The molecule has 0 amide bonds. The van der Waals surface area contributed by atoms with Crippen LogP contribution in [0.4, 0.5) is 0 Å². The Kier molecular flexibility index (Phi) is 1.78. The van der Waals surface area contributed by atoms with Crippen molar-refractivity contribution in [3.05, 3.63) is 0 Å². The average molecular weight is 166 g/mol. The topological polar surface area (TPSA) is 18.5 Å². The molecule has 3 heteroatoms. The second-order valence-corrected chi connectivity index (χ2v) is 3.92. The van der Waals surface area contributed by atoms with Crippen molar-refractivity contribution in [1.82, 2.24) is 0 Å². The SMILES string of the molecule is [B][C@@H]1O[C@@]2(CC)C(C)O[C@H]1C2C. The molecule has 0 aromatic carbocycles. The molecule has 2 bridgehead atoms. The molecular formula is C9H15BO2. The van der Waals surface area contributed by atoms with Crippen LogP contribution in [0.15, 0.2) is 0 Å². The quantitative estimate of drug-likeness (QED) is 0.542. The molecule has 2 unspecified atom stereocenters. The zero-order valence-electron chi connectivity index (χ0n) is 7.91. The second-order valence-electron chi connectivity index (χ2n) is 3.92. The highest BCUT2D eigenvalue weighted by Gasteiger charge is 2.60. The average Bonchev–Trinajstić information content (AvgIpc) is 2.41. The third-order valence-electron chi connectivity index (χ3n) is 3.54. The van der Waals surface area contributed by atoms with E-state index >= 15 is 0 Å². The van der Waals surface area contributed by atoms with Gasteiger partial charge in [0.2, 0.25) is 0 Å². The largest absolute Gasteiger partial charge is 0.376 e. The predicted octanol–water partition coefficient (Wildman–Crippen LogP) is 1.08. The Morgan fingerprint density at radius 3 is 2.42 bits per heavy atom. The number of hydrogen-bond donors (Lipinski definition) is 0. The van der Waals surface area contributed by atoms with Crippen molar-refractivity contribution in [2.24, 2.45) is 5.92 Å². The molecule has 12 heavy (non-hydrogen) atoms. The molecule has 2 nitrogen and oxygen atoms in total. The minimum atomic E-state index is -0.212. The highest BCUT2D eigenvalue weighted by molar-refractivity contribution is 6.11. The molecule has 5 atom stereocenters. The van der Waals surface area contributed by atoms with E-state index in [-0.39, 0.29) is 23.8 Å². The van der Waals surface area contributed by atoms with Crippen molar-refractivity contribution in [1.29, 1.82) is 0 Å². The Hall–Kier alpha value is -0.0151. The summed E-state index contributed by atoms with van der Waals surface area (Å²) in [5, 5.41) is 0. The monoisotopic (exact) mass is 166 g/mol. The van der Waals surface area contributed by atoms with Crippen LogP contribution in [0.2, 0.25) is 0 Å². The Labute approximate surface area is 75.0 Å². The van der Waals surface area contributed by atoms with Crippen LogP contribution in [0.3, 0.4) is 0 Å². The van der Waals surface area contributed by atoms with Gasteiger partial charge in [-0.1, -0.05) is 13.8 Å². The van der Waals surface area contributed by atoms with Gasteiger partial charge in [-0.3, -0.25) is 0 Å². The van der Waals surface area contributed by atoms with Gasteiger partial charge in [0.25, 0.3) is 0 Å². The van der Waals surface area contributed by atoms with Crippen LogP contribution in [0.5, 0.6) is 0 Å². The van der Waals surface area contributed by atoms with Crippen LogP contribution in [0, 0.1) is 5.92 Å². The first-order valence-corrected chi connectivity index (χ1v) is 4.70. The van der Waals surface area contributed by atoms with E-state index in [0.29, 0.717) is 5.92 Å². The van der Waals surface area contributed by atoms with Crippen molar-refractivity contribution in [2.75, 3.05) is 0 Å². The van der Waals surface area contributed by atoms with Gasteiger partial charge in [0.15, 0.2) is 0 Å². The van der Waals surface area contributed by atoms with Crippen molar-refractivity contribution in [2.45, 2.75) is 51.0 Å². The molecule has 0 aromatic rings. The molecule has 2 rings (SSSR count). The maximum Gasteiger partial charge on any atom is 0.112 e. The summed E-state index contributed by atoms with van der Waals surface area (Å²) in [6.07, 6.45) is 1.29. The molecule has 2 fully saturated rings. The smallest absolute Gasteiger partial charge is 0.112 e. The normalized spacial score (nSPS) is 57.9. The molecule has 2 radical (unpaired) electrons. The van der Waals surface area contributed by atoms with E-state index < -0.39 is 0 Å². The Morgan fingerprint density at radius 1 is 1.42 bits per heavy atom. The van der Waals surface area contributed by atoms with Crippen LogP contribution in [-0.2, 0) is 9.47 Å². The number of rotatable bonds is 1. The lowest BCUT2D eigenvalue weighted by atomic mass is 9.82. The molecule has 0 aliphatic carbocycles. The van der Waals surface area contributed by atoms with Gasteiger partial charge in [0, 0.05) is 11.9 Å². The van der Waals surface area contributed by atoms with Crippen LogP contribution >= 0.6 is 0 Å². The maximum absolute atomic E-state index is 5.79.